The number of anilines is 1. The summed E-state index contributed by atoms with van der Waals surface area (Å²) >= 11 is 0. The molecule has 2 aromatic rings. The minimum absolute atomic E-state index is 0.219. The lowest BCUT2D eigenvalue weighted by Gasteiger charge is -2.34. The average molecular weight is 405 g/mol. The Kier molecular flexibility index (Phi) is 3.93. The van der Waals surface area contributed by atoms with Gasteiger partial charge in [0.25, 0.3) is 5.91 Å². The molecule has 3 atom stereocenters. The predicted octanol–water partition coefficient (Wildman–Crippen LogP) is 2.25. The van der Waals surface area contributed by atoms with E-state index < -0.39 is 24.2 Å². The van der Waals surface area contributed by atoms with Gasteiger partial charge in [-0.2, -0.15) is 5.26 Å². The summed E-state index contributed by atoms with van der Waals surface area (Å²) in [7, 11) is 0. The van der Waals surface area contributed by atoms with Crippen LogP contribution < -0.4 is 4.90 Å². The maximum Gasteiger partial charge on any atom is 0.410 e. The monoisotopic (exact) mass is 405 g/mol. The number of likely N-dealkylation sites (tertiary alicyclic amines) is 1. The number of nitrogens with zero attached hydrogens (tertiary/aromatic N) is 5. The fourth-order valence-corrected chi connectivity index (χ4v) is 4.80. The molecule has 152 valence electrons. The van der Waals surface area contributed by atoms with Crippen molar-refractivity contribution in [2.75, 3.05) is 11.4 Å². The molecule has 0 saturated carbocycles. The highest BCUT2D eigenvalue weighted by Gasteiger charge is 2.63. The molecule has 3 aliphatic heterocycles. The first-order valence-electron chi connectivity index (χ1n) is 9.83. The van der Waals surface area contributed by atoms with Gasteiger partial charge in [0.2, 0.25) is 0 Å². The Hall–Kier alpha value is -3.67. The van der Waals surface area contributed by atoms with E-state index in [0.717, 1.165) is 4.90 Å². The highest BCUT2D eigenvalue weighted by molar-refractivity contribution is 6.25. The molecule has 3 aliphatic rings. The smallest absolute Gasteiger partial charge is 0.410 e. The summed E-state index contributed by atoms with van der Waals surface area (Å²) in [5.74, 6) is -0.371. The molecule has 1 aromatic carbocycles. The van der Waals surface area contributed by atoms with E-state index in [0.29, 0.717) is 35.1 Å². The van der Waals surface area contributed by atoms with Gasteiger partial charge in [-0.05, 0) is 44.5 Å². The van der Waals surface area contributed by atoms with E-state index in [2.05, 4.69) is 11.1 Å². The maximum atomic E-state index is 13.4. The third-order valence-corrected chi connectivity index (χ3v) is 5.94. The Morgan fingerprint density at radius 3 is 2.83 bits per heavy atom. The van der Waals surface area contributed by atoms with Crippen LogP contribution in [-0.4, -0.2) is 63.6 Å². The molecule has 3 fully saturated rings. The molecule has 2 bridgehead atoms. The molecule has 9 heteroatoms. The van der Waals surface area contributed by atoms with Crippen molar-refractivity contribution in [1.29, 1.82) is 5.26 Å². The van der Waals surface area contributed by atoms with Gasteiger partial charge in [0, 0.05) is 18.1 Å². The molecule has 9 nitrogen and oxygen atoms in total. The summed E-state index contributed by atoms with van der Waals surface area (Å²) in [4.78, 5) is 47.7. The highest BCUT2D eigenvalue weighted by atomic mass is 16.6. The topological polar surface area (TPSA) is 107 Å². The van der Waals surface area contributed by atoms with Crippen LogP contribution in [0.15, 0.2) is 30.5 Å². The zero-order chi connectivity index (χ0) is 21.2. The van der Waals surface area contributed by atoms with Gasteiger partial charge in [0.05, 0.1) is 35.0 Å². The number of hydrogen-bond acceptors (Lipinski definition) is 6. The molecular formula is C21H19N5O4. The first-order chi connectivity index (χ1) is 14.4. The van der Waals surface area contributed by atoms with E-state index in [9.17, 15) is 19.6 Å². The number of fused-ring (bicyclic) bond motifs is 6. The Labute approximate surface area is 172 Å². The molecule has 5 rings (SSSR count). The molecule has 0 N–H and O–H groups in total. The number of amides is 4. The van der Waals surface area contributed by atoms with Crippen molar-refractivity contribution in [3.8, 4) is 6.07 Å². The number of piperazine rings is 1. The van der Waals surface area contributed by atoms with Gasteiger partial charge in [-0.25, -0.2) is 14.5 Å². The fraction of sp³-hybridized carbons (Fsp3) is 0.381. The number of carbonyl (C=O) groups excluding carboxylic acids is 3. The molecule has 0 aliphatic carbocycles. The number of imide groups is 1. The lowest BCUT2D eigenvalue weighted by molar-refractivity contribution is -0.121. The van der Waals surface area contributed by atoms with Crippen LogP contribution in [0, 0.1) is 11.3 Å². The van der Waals surface area contributed by atoms with Gasteiger partial charge in [-0.15, -0.1) is 0 Å². The van der Waals surface area contributed by atoms with Crippen molar-refractivity contribution in [1.82, 2.24) is 14.8 Å². The molecule has 0 radical (unpaired) electrons. The summed E-state index contributed by atoms with van der Waals surface area (Å²) in [6.07, 6.45) is 1.42. The first-order valence-corrected chi connectivity index (χ1v) is 9.83. The zero-order valence-electron chi connectivity index (χ0n) is 16.5. The van der Waals surface area contributed by atoms with Gasteiger partial charge in [0.1, 0.15) is 12.1 Å². The molecule has 1 unspecified atom stereocenters. The second-order valence-electron chi connectivity index (χ2n) is 7.99. The number of urea groups is 1. The van der Waals surface area contributed by atoms with Crippen molar-refractivity contribution < 1.29 is 19.1 Å². The number of nitriles is 1. The van der Waals surface area contributed by atoms with Crippen LogP contribution in [0.1, 0.15) is 25.8 Å². The predicted molar refractivity (Wildman–Crippen MR) is 105 cm³/mol. The normalized spacial score (nSPS) is 24.7. The maximum absolute atomic E-state index is 13.4. The van der Waals surface area contributed by atoms with Crippen molar-refractivity contribution in [2.24, 2.45) is 0 Å². The van der Waals surface area contributed by atoms with Crippen LogP contribution >= 0.6 is 0 Å². The van der Waals surface area contributed by atoms with Crippen LogP contribution in [0.5, 0.6) is 0 Å². The second-order valence-corrected chi connectivity index (χ2v) is 7.99. The third-order valence-electron chi connectivity index (χ3n) is 5.94. The van der Waals surface area contributed by atoms with Gasteiger partial charge in [-0.1, -0.05) is 0 Å². The molecule has 30 heavy (non-hydrogen) atoms. The SMILES string of the molecule is CC(C)OC(=O)N1C[C@H]2CC1[C@@H]1C(=O)N(c3ccc(C#N)c4ncccc34)C(=O)N21. The average Bonchev–Trinajstić information content (AvgIpc) is 3.38. The largest absolute Gasteiger partial charge is 0.447 e. The lowest BCUT2D eigenvalue weighted by atomic mass is 10.1. The van der Waals surface area contributed by atoms with Crippen LogP contribution in [0.2, 0.25) is 0 Å². The van der Waals surface area contributed by atoms with Crippen LogP contribution in [0.3, 0.4) is 0 Å². The molecular weight excluding hydrogens is 386 g/mol. The second kappa shape index (κ2) is 6.42. The quantitative estimate of drug-likeness (QED) is 0.710. The number of rotatable bonds is 2. The summed E-state index contributed by atoms with van der Waals surface area (Å²) < 4.78 is 5.31. The number of benzene rings is 1. The van der Waals surface area contributed by atoms with Gasteiger partial charge in [-0.3, -0.25) is 9.78 Å². The van der Waals surface area contributed by atoms with E-state index in [4.69, 9.17) is 4.74 Å². The van der Waals surface area contributed by atoms with E-state index in [1.54, 1.807) is 54.1 Å². The third kappa shape index (κ3) is 2.40. The standard InChI is InChI=1S/C21H19N5O4/c1-11(2)30-21(29)24-10-13-8-16(24)18-19(27)26(20(28)25(13)18)15-6-5-12(9-22)17-14(15)4-3-7-23-17/h3-7,11,13,16,18H,8,10H2,1-2H3/t13-,16?,18-/m1/s1. The summed E-state index contributed by atoms with van der Waals surface area (Å²) in [5, 5.41) is 9.91. The van der Waals surface area contributed by atoms with Gasteiger partial charge < -0.3 is 14.5 Å². The molecule has 3 saturated heterocycles. The van der Waals surface area contributed by atoms with Crippen LogP contribution in [0.4, 0.5) is 15.3 Å². The molecule has 0 spiro atoms. The van der Waals surface area contributed by atoms with Crippen molar-refractivity contribution in [3.63, 3.8) is 0 Å². The Balaban J connectivity index is 1.53. The molecule has 4 amide bonds. The fourth-order valence-electron chi connectivity index (χ4n) is 4.80. The summed E-state index contributed by atoms with van der Waals surface area (Å²) in [5.41, 5.74) is 1.21. The lowest BCUT2D eigenvalue weighted by Crippen LogP contribution is -2.55. The number of carbonyl (C=O) groups is 3. The number of aromatic nitrogens is 1. The summed E-state index contributed by atoms with van der Waals surface area (Å²) in [6, 6.07) is 6.96. The minimum Gasteiger partial charge on any atom is -0.447 e. The Morgan fingerprint density at radius 2 is 2.10 bits per heavy atom. The number of hydrogen-bond donors (Lipinski definition) is 0. The Bertz CT molecular complexity index is 1140. The molecule has 1 aromatic heterocycles. The van der Waals surface area contributed by atoms with Crippen molar-refractivity contribution >= 4 is 34.6 Å². The Morgan fingerprint density at radius 1 is 1.30 bits per heavy atom. The zero-order valence-corrected chi connectivity index (χ0v) is 16.5. The van der Waals surface area contributed by atoms with E-state index >= 15 is 0 Å². The van der Waals surface area contributed by atoms with Gasteiger partial charge in [0.15, 0.2) is 0 Å². The highest BCUT2D eigenvalue weighted by Crippen LogP contribution is 2.43. The molecule has 4 heterocycles. The van der Waals surface area contributed by atoms with Crippen LogP contribution in [0.25, 0.3) is 10.9 Å². The van der Waals surface area contributed by atoms with Crippen molar-refractivity contribution in [3.05, 3.63) is 36.0 Å². The number of ether oxygens (including phenoxy) is 1. The van der Waals surface area contributed by atoms with E-state index in [-0.39, 0.29) is 18.1 Å². The van der Waals surface area contributed by atoms with E-state index in [1.807, 2.05) is 0 Å². The summed E-state index contributed by atoms with van der Waals surface area (Å²) in [6.45, 7) is 3.90. The van der Waals surface area contributed by atoms with Crippen molar-refractivity contribution in [2.45, 2.75) is 44.5 Å². The van der Waals surface area contributed by atoms with Gasteiger partial charge >= 0.3 is 12.1 Å². The first kappa shape index (κ1) is 18.4. The number of pyridine rings is 1. The van der Waals surface area contributed by atoms with E-state index in [1.165, 1.54) is 0 Å². The van der Waals surface area contributed by atoms with Crippen LogP contribution in [-0.2, 0) is 9.53 Å². The minimum atomic E-state index is -0.724.